The van der Waals surface area contributed by atoms with Crippen molar-refractivity contribution in [1.82, 2.24) is 15.0 Å². The molecule has 0 saturated carbocycles. The number of nitriles is 1. The van der Waals surface area contributed by atoms with E-state index in [1.807, 2.05) is 0 Å². The highest BCUT2D eigenvalue weighted by Gasteiger charge is 2.19. The number of hydrogen-bond acceptors (Lipinski definition) is 7. The quantitative estimate of drug-likeness (QED) is 0.448. The standard InChI is InChI=1S/C22H15ClN4O3S/c1-30-20-11-19(23)15(12-24)10-18(20)22-17-4-3-16(9-14(17)5-8-27-22)31(28,29)13-21-25-6-2-7-26-21/h2-11H,13H2,1H3. The molecule has 4 aromatic rings. The number of benzene rings is 2. The van der Waals surface area contributed by atoms with Gasteiger partial charge in [-0.25, -0.2) is 18.4 Å². The van der Waals surface area contributed by atoms with Gasteiger partial charge >= 0.3 is 0 Å². The Morgan fingerprint density at radius 2 is 1.84 bits per heavy atom. The monoisotopic (exact) mass is 450 g/mol. The van der Waals surface area contributed by atoms with Gasteiger partial charge in [-0.05, 0) is 35.7 Å². The second-order valence-corrected chi connectivity index (χ2v) is 9.01. The van der Waals surface area contributed by atoms with Crippen LogP contribution in [0.2, 0.25) is 5.02 Å². The average molecular weight is 451 g/mol. The lowest BCUT2D eigenvalue weighted by Gasteiger charge is -2.12. The van der Waals surface area contributed by atoms with Crippen molar-refractivity contribution in [2.45, 2.75) is 10.6 Å². The summed E-state index contributed by atoms with van der Waals surface area (Å²) in [7, 11) is -2.14. The molecule has 0 fully saturated rings. The lowest BCUT2D eigenvalue weighted by molar-refractivity contribution is 0.416. The Bertz CT molecular complexity index is 1430. The number of ether oxygens (including phenoxy) is 1. The summed E-state index contributed by atoms with van der Waals surface area (Å²) in [6.45, 7) is 0. The highest BCUT2D eigenvalue weighted by atomic mass is 35.5. The van der Waals surface area contributed by atoms with Crippen LogP contribution in [-0.4, -0.2) is 30.5 Å². The van der Waals surface area contributed by atoms with E-state index in [0.29, 0.717) is 33.3 Å². The Morgan fingerprint density at radius 1 is 1.06 bits per heavy atom. The summed E-state index contributed by atoms with van der Waals surface area (Å²) in [5.74, 6) is 0.392. The van der Waals surface area contributed by atoms with E-state index < -0.39 is 9.84 Å². The van der Waals surface area contributed by atoms with Crippen molar-refractivity contribution in [2.75, 3.05) is 7.11 Å². The summed E-state index contributed by atoms with van der Waals surface area (Å²) in [6, 6.07) is 13.4. The number of sulfone groups is 1. The summed E-state index contributed by atoms with van der Waals surface area (Å²) in [5.41, 5.74) is 1.43. The van der Waals surface area contributed by atoms with Gasteiger partial charge in [-0.2, -0.15) is 5.26 Å². The fourth-order valence-electron chi connectivity index (χ4n) is 3.22. The van der Waals surface area contributed by atoms with Crippen LogP contribution < -0.4 is 4.74 Å². The number of rotatable bonds is 5. The lowest BCUT2D eigenvalue weighted by Crippen LogP contribution is -2.07. The molecule has 0 spiro atoms. The van der Waals surface area contributed by atoms with Crippen molar-refractivity contribution in [1.29, 1.82) is 5.26 Å². The molecular formula is C22H15ClN4O3S. The third-order valence-electron chi connectivity index (χ3n) is 4.70. The molecule has 9 heteroatoms. The van der Waals surface area contributed by atoms with Gasteiger partial charge in [-0.15, -0.1) is 0 Å². The molecule has 2 heterocycles. The van der Waals surface area contributed by atoms with Crippen LogP contribution in [-0.2, 0) is 15.6 Å². The van der Waals surface area contributed by atoms with Gasteiger partial charge in [0.05, 0.1) is 28.3 Å². The molecule has 0 aliphatic carbocycles. The third kappa shape index (κ3) is 4.06. The van der Waals surface area contributed by atoms with E-state index in [-0.39, 0.29) is 21.5 Å². The van der Waals surface area contributed by atoms with Crippen LogP contribution in [0.1, 0.15) is 11.4 Å². The first-order valence-corrected chi connectivity index (χ1v) is 11.1. The molecule has 0 bridgehead atoms. The van der Waals surface area contributed by atoms with E-state index in [4.69, 9.17) is 16.3 Å². The van der Waals surface area contributed by atoms with Gasteiger partial charge in [-0.1, -0.05) is 17.7 Å². The van der Waals surface area contributed by atoms with Crippen LogP contribution in [0.15, 0.2) is 66.0 Å². The largest absolute Gasteiger partial charge is 0.496 e. The first-order chi connectivity index (χ1) is 14.9. The van der Waals surface area contributed by atoms with Gasteiger partial charge in [0.1, 0.15) is 23.4 Å². The first kappa shape index (κ1) is 20.7. The van der Waals surface area contributed by atoms with Crippen molar-refractivity contribution in [3.8, 4) is 23.1 Å². The Hall–Kier alpha value is -3.54. The highest BCUT2D eigenvalue weighted by Crippen LogP contribution is 2.37. The topological polar surface area (TPSA) is 106 Å². The summed E-state index contributed by atoms with van der Waals surface area (Å²) in [5, 5.41) is 11.0. The summed E-state index contributed by atoms with van der Waals surface area (Å²) in [6.07, 6.45) is 4.59. The van der Waals surface area contributed by atoms with Crippen molar-refractivity contribution in [3.63, 3.8) is 0 Å². The van der Waals surface area contributed by atoms with Crippen LogP contribution in [0.4, 0.5) is 0 Å². The number of fused-ring (bicyclic) bond motifs is 1. The highest BCUT2D eigenvalue weighted by molar-refractivity contribution is 7.90. The summed E-state index contributed by atoms with van der Waals surface area (Å²) >= 11 is 6.12. The number of nitrogens with zero attached hydrogens (tertiary/aromatic N) is 4. The zero-order valence-corrected chi connectivity index (χ0v) is 17.9. The molecule has 0 aliphatic heterocycles. The second kappa shape index (κ2) is 8.30. The van der Waals surface area contributed by atoms with E-state index in [9.17, 15) is 13.7 Å². The molecule has 31 heavy (non-hydrogen) atoms. The SMILES string of the molecule is COc1cc(Cl)c(C#N)cc1-c1nccc2cc(S(=O)(=O)Cc3ncccn3)ccc12. The van der Waals surface area contributed by atoms with E-state index in [1.165, 1.54) is 25.6 Å². The molecule has 2 aromatic carbocycles. The van der Waals surface area contributed by atoms with Crippen molar-refractivity contribution in [2.24, 2.45) is 0 Å². The number of methoxy groups -OCH3 is 1. The molecule has 4 rings (SSSR count). The predicted octanol–water partition coefficient (Wildman–Crippen LogP) is 4.20. The molecule has 0 saturated heterocycles. The van der Waals surface area contributed by atoms with Gasteiger partial charge in [0.2, 0.25) is 0 Å². The molecule has 0 aliphatic rings. The van der Waals surface area contributed by atoms with Crippen LogP contribution in [0, 0.1) is 11.3 Å². The number of halogens is 1. The van der Waals surface area contributed by atoms with E-state index >= 15 is 0 Å². The van der Waals surface area contributed by atoms with Crippen LogP contribution >= 0.6 is 11.6 Å². The van der Waals surface area contributed by atoms with Crippen LogP contribution in [0.25, 0.3) is 22.0 Å². The fraction of sp³-hybridized carbons (Fsp3) is 0.0909. The molecule has 0 unspecified atom stereocenters. The molecule has 2 aromatic heterocycles. The molecule has 7 nitrogen and oxygen atoms in total. The first-order valence-electron chi connectivity index (χ1n) is 9.08. The van der Waals surface area contributed by atoms with Gasteiger partial charge in [-0.3, -0.25) is 4.98 Å². The smallest absolute Gasteiger partial charge is 0.185 e. The van der Waals surface area contributed by atoms with Gasteiger partial charge in [0.15, 0.2) is 9.84 Å². The van der Waals surface area contributed by atoms with E-state index in [0.717, 1.165) is 0 Å². The Labute approximate surface area is 183 Å². The molecule has 0 amide bonds. The van der Waals surface area contributed by atoms with Crippen LogP contribution in [0.5, 0.6) is 5.75 Å². The number of aromatic nitrogens is 3. The molecule has 0 radical (unpaired) electrons. The predicted molar refractivity (Wildman–Crippen MR) is 116 cm³/mol. The van der Waals surface area contributed by atoms with Gasteiger partial charge < -0.3 is 4.74 Å². The van der Waals surface area contributed by atoms with Gasteiger partial charge in [0, 0.05) is 35.6 Å². The summed E-state index contributed by atoms with van der Waals surface area (Å²) < 4.78 is 31.1. The van der Waals surface area contributed by atoms with Gasteiger partial charge in [0.25, 0.3) is 0 Å². The maximum absolute atomic E-state index is 12.9. The minimum absolute atomic E-state index is 0.158. The number of pyridine rings is 1. The second-order valence-electron chi connectivity index (χ2n) is 6.61. The minimum Gasteiger partial charge on any atom is -0.496 e. The fourth-order valence-corrected chi connectivity index (χ4v) is 4.65. The maximum Gasteiger partial charge on any atom is 0.185 e. The van der Waals surface area contributed by atoms with Crippen molar-refractivity contribution in [3.05, 3.63) is 77.5 Å². The minimum atomic E-state index is -3.64. The molecule has 154 valence electrons. The molecular weight excluding hydrogens is 436 g/mol. The molecule has 0 atom stereocenters. The lowest BCUT2D eigenvalue weighted by atomic mass is 10.0. The Morgan fingerprint density at radius 3 is 2.55 bits per heavy atom. The zero-order valence-electron chi connectivity index (χ0n) is 16.3. The maximum atomic E-state index is 12.9. The summed E-state index contributed by atoms with van der Waals surface area (Å²) in [4.78, 5) is 12.6. The van der Waals surface area contributed by atoms with E-state index in [2.05, 4.69) is 21.0 Å². The van der Waals surface area contributed by atoms with Crippen LogP contribution in [0.3, 0.4) is 0 Å². The third-order valence-corrected chi connectivity index (χ3v) is 6.62. The van der Waals surface area contributed by atoms with E-state index in [1.54, 1.807) is 42.6 Å². The normalized spacial score (nSPS) is 11.3. The molecule has 0 N–H and O–H groups in total. The Kier molecular flexibility index (Phi) is 5.55. The average Bonchev–Trinajstić information content (AvgIpc) is 2.78. The number of hydrogen-bond donors (Lipinski definition) is 0. The van der Waals surface area contributed by atoms with Crippen molar-refractivity contribution < 1.29 is 13.2 Å². The zero-order chi connectivity index (χ0) is 22.0. The Balaban J connectivity index is 1.83. The van der Waals surface area contributed by atoms with Crippen molar-refractivity contribution >= 4 is 32.2 Å².